The van der Waals surface area contributed by atoms with Crippen molar-refractivity contribution in [2.24, 2.45) is 0 Å². The fraction of sp³-hybridized carbons (Fsp3) is 0.600. The van der Waals surface area contributed by atoms with Crippen LogP contribution < -0.4 is 10.2 Å². The van der Waals surface area contributed by atoms with Crippen molar-refractivity contribution in [1.29, 1.82) is 0 Å². The number of aromatic nitrogens is 2. The molecule has 0 atom stereocenters. The Balaban J connectivity index is 3.11. The van der Waals surface area contributed by atoms with E-state index in [-0.39, 0.29) is 0 Å². The first-order valence-corrected chi connectivity index (χ1v) is 4.72. The maximum atomic E-state index is 4.43. The Morgan fingerprint density at radius 3 is 2.00 bits per heavy atom. The minimum absolute atomic E-state index is 0.778. The molecule has 1 rings (SSSR count). The Hall–Kier alpha value is -1.16. The minimum atomic E-state index is 0.778. The highest BCUT2D eigenvalue weighted by molar-refractivity contribution is 5.34. The first-order chi connectivity index (χ1) is 6.56. The van der Waals surface area contributed by atoms with Gasteiger partial charge >= 0.3 is 0 Å². The standard InChI is InChI=1S/C10H18N4/c1-7-9(6-11-3)8(2)13-10(12-7)14(4)5/h11H,6H2,1-5H3. The maximum Gasteiger partial charge on any atom is 0.225 e. The Morgan fingerprint density at radius 1 is 1.14 bits per heavy atom. The second-order valence-corrected chi connectivity index (χ2v) is 3.60. The van der Waals surface area contributed by atoms with Gasteiger partial charge in [0.1, 0.15) is 0 Å². The Kier molecular flexibility index (Phi) is 3.41. The first-order valence-electron chi connectivity index (χ1n) is 4.72. The molecule has 0 spiro atoms. The van der Waals surface area contributed by atoms with Gasteiger partial charge in [0, 0.05) is 37.6 Å². The average Bonchev–Trinajstić information content (AvgIpc) is 2.10. The fourth-order valence-electron chi connectivity index (χ4n) is 1.35. The van der Waals surface area contributed by atoms with Crippen molar-refractivity contribution in [1.82, 2.24) is 15.3 Å². The molecular formula is C10H18N4. The summed E-state index contributed by atoms with van der Waals surface area (Å²) in [5.74, 6) is 0.778. The lowest BCUT2D eigenvalue weighted by Crippen LogP contribution is -2.17. The normalized spacial score (nSPS) is 10.4. The lowest BCUT2D eigenvalue weighted by molar-refractivity contribution is 0.782. The van der Waals surface area contributed by atoms with Gasteiger partial charge in [-0.25, -0.2) is 9.97 Å². The number of nitrogens with one attached hydrogen (secondary N) is 1. The quantitative estimate of drug-likeness (QED) is 0.775. The molecule has 14 heavy (non-hydrogen) atoms. The molecule has 0 radical (unpaired) electrons. The predicted octanol–water partition coefficient (Wildman–Crippen LogP) is 0.879. The Labute approximate surface area is 85.4 Å². The van der Waals surface area contributed by atoms with Crippen LogP contribution in [0.4, 0.5) is 5.95 Å². The SMILES string of the molecule is CNCc1c(C)nc(N(C)C)nc1C. The summed E-state index contributed by atoms with van der Waals surface area (Å²) in [6, 6.07) is 0. The zero-order valence-electron chi connectivity index (χ0n) is 9.55. The molecule has 0 aromatic carbocycles. The molecule has 4 heteroatoms. The number of hydrogen-bond donors (Lipinski definition) is 1. The van der Waals surface area contributed by atoms with Crippen molar-refractivity contribution in [2.45, 2.75) is 20.4 Å². The second kappa shape index (κ2) is 4.37. The van der Waals surface area contributed by atoms with Crippen LogP contribution in [0.3, 0.4) is 0 Å². The molecule has 0 saturated carbocycles. The van der Waals surface area contributed by atoms with E-state index >= 15 is 0 Å². The summed E-state index contributed by atoms with van der Waals surface area (Å²) in [5, 5.41) is 3.12. The van der Waals surface area contributed by atoms with Crippen molar-refractivity contribution < 1.29 is 0 Å². The van der Waals surface area contributed by atoms with Crippen LogP contribution in [0.2, 0.25) is 0 Å². The molecule has 0 aliphatic rings. The third-order valence-electron chi connectivity index (χ3n) is 2.16. The molecule has 0 unspecified atom stereocenters. The molecule has 0 saturated heterocycles. The smallest absolute Gasteiger partial charge is 0.225 e. The Morgan fingerprint density at radius 2 is 1.64 bits per heavy atom. The summed E-state index contributed by atoms with van der Waals surface area (Å²) in [6.45, 7) is 4.87. The zero-order valence-corrected chi connectivity index (χ0v) is 9.55. The molecule has 4 nitrogen and oxygen atoms in total. The third-order valence-corrected chi connectivity index (χ3v) is 2.16. The fourth-order valence-corrected chi connectivity index (χ4v) is 1.35. The van der Waals surface area contributed by atoms with Crippen LogP contribution in [-0.2, 0) is 6.54 Å². The van der Waals surface area contributed by atoms with Crippen molar-refractivity contribution in [2.75, 3.05) is 26.0 Å². The van der Waals surface area contributed by atoms with Crippen LogP contribution in [-0.4, -0.2) is 31.1 Å². The number of hydrogen-bond acceptors (Lipinski definition) is 4. The number of nitrogens with zero attached hydrogens (tertiary/aromatic N) is 3. The summed E-state index contributed by atoms with van der Waals surface area (Å²) < 4.78 is 0. The van der Waals surface area contributed by atoms with Gasteiger partial charge in [0.15, 0.2) is 0 Å². The molecule has 1 aromatic rings. The summed E-state index contributed by atoms with van der Waals surface area (Å²) in [5.41, 5.74) is 3.30. The second-order valence-electron chi connectivity index (χ2n) is 3.60. The highest BCUT2D eigenvalue weighted by Crippen LogP contribution is 2.13. The topological polar surface area (TPSA) is 41.1 Å². The lowest BCUT2D eigenvalue weighted by Gasteiger charge is -2.14. The van der Waals surface area contributed by atoms with Crippen LogP contribution in [0.25, 0.3) is 0 Å². The predicted molar refractivity (Wildman–Crippen MR) is 58.6 cm³/mol. The summed E-state index contributed by atoms with van der Waals surface area (Å²) >= 11 is 0. The largest absolute Gasteiger partial charge is 0.347 e. The summed E-state index contributed by atoms with van der Waals surface area (Å²) in [6.07, 6.45) is 0. The van der Waals surface area contributed by atoms with Gasteiger partial charge < -0.3 is 10.2 Å². The van der Waals surface area contributed by atoms with Gasteiger partial charge in [-0.05, 0) is 20.9 Å². The Bertz CT molecular complexity index is 297. The maximum absolute atomic E-state index is 4.43. The molecule has 1 N–H and O–H groups in total. The van der Waals surface area contributed by atoms with Gasteiger partial charge in [0.2, 0.25) is 5.95 Å². The van der Waals surface area contributed by atoms with E-state index in [9.17, 15) is 0 Å². The van der Waals surface area contributed by atoms with Crippen molar-refractivity contribution in [3.63, 3.8) is 0 Å². The van der Waals surface area contributed by atoms with Gasteiger partial charge in [0.25, 0.3) is 0 Å². The van der Waals surface area contributed by atoms with E-state index < -0.39 is 0 Å². The van der Waals surface area contributed by atoms with E-state index in [2.05, 4.69) is 15.3 Å². The molecule has 0 amide bonds. The number of aryl methyl sites for hydroxylation is 2. The van der Waals surface area contributed by atoms with E-state index in [0.29, 0.717) is 0 Å². The van der Waals surface area contributed by atoms with Gasteiger partial charge in [-0.2, -0.15) is 0 Å². The van der Waals surface area contributed by atoms with E-state index in [0.717, 1.165) is 23.9 Å². The van der Waals surface area contributed by atoms with E-state index in [1.54, 1.807) is 0 Å². The molecule has 0 bridgehead atoms. The van der Waals surface area contributed by atoms with Gasteiger partial charge in [-0.15, -0.1) is 0 Å². The van der Waals surface area contributed by atoms with Crippen molar-refractivity contribution in [3.05, 3.63) is 17.0 Å². The molecule has 0 aliphatic heterocycles. The molecule has 0 fully saturated rings. The number of rotatable bonds is 3. The molecular weight excluding hydrogens is 176 g/mol. The third kappa shape index (κ3) is 2.20. The van der Waals surface area contributed by atoms with Gasteiger partial charge in [-0.1, -0.05) is 0 Å². The number of anilines is 1. The van der Waals surface area contributed by atoms with Crippen LogP contribution in [0.1, 0.15) is 17.0 Å². The zero-order chi connectivity index (χ0) is 10.7. The van der Waals surface area contributed by atoms with Crippen LogP contribution in [0, 0.1) is 13.8 Å². The van der Waals surface area contributed by atoms with Gasteiger partial charge in [-0.3, -0.25) is 0 Å². The minimum Gasteiger partial charge on any atom is -0.347 e. The van der Waals surface area contributed by atoms with Gasteiger partial charge in [0.05, 0.1) is 0 Å². The van der Waals surface area contributed by atoms with Crippen LogP contribution >= 0.6 is 0 Å². The molecule has 1 aromatic heterocycles. The van der Waals surface area contributed by atoms with E-state index in [1.165, 1.54) is 5.56 Å². The average molecular weight is 194 g/mol. The summed E-state index contributed by atoms with van der Waals surface area (Å²) in [4.78, 5) is 10.8. The first kappa shape index (κ1) is 10.9. The molecule has 0 aliphatic carbocycles. The van der Waals surface area contributed by atoms with Crippen LogP contribution in [0.5, 0.6) is 0 Å². The van der Waals surface area contributed by atoms with Crippen LogP contribution in [0.15, 0.2) is 0 Å². The lowest BCUT2D eigenvalue weighted by atomic mass is 10.2. The summed E-state index contributed by atoms with van der Waals surface area (Å²) in [7, 11) is 5.83. The highest BCUT2D eigenvalue weighted by atomic mass is 15.2. The van der Waals surface area contributed by atoms with Crippen molar-refractivity contribution >= 4 is 5.95 Å². The monoisotopic (exact) mass is 194 g/mol. The van der Waals surface area contributed by atoms with E-state index in [1.807, 2.05) is 39.9 Å². The molecule has 1 heterocycles. The molecule has 78 valence electrons. The van der Waals surface area contributed by atoms with Crippen molar-refractivity contribution in [3.8, 4) is 0 Å². The highest BCUT2D eigenvalue weighted by Gasteiger charge is 2.08. The van der Waals surface area contributed by atoms with E-state index in [4.69, 9.17) is 0 Å².